The van der Waals surface area contributed by atoms with Gasteiger partial charge in [-0.05, 0) is 61.0 Å². The summed E-state index contributed by atoms with van der Waals surface area (Å²) >= 11 is 0. The lowest BCUT2D eigenvalue weighted by molar-refractivity contribution is -0.105. The number of pyridine rings is 3. The van der Waals surface area contributed by atoms with Crippen molar-refractivity contribution in [3.63, 3.8) is 0 Å². The van der Waals surface area contributed by atoms with Gasteiger partial charge >= 0.3 is 0 Å². The van der Waals surface area contributed by atoms with Crippen LogP contribution in [-0.2, 0) is 4.79 Å². The maximum atomic E-state index is 12.2. The minimum atomic E-state index is -0.199. The van der Waals surface area contributed by atoms with Gasteiger partial charge in [-0.15, -0.1) is 0 Å². The van der Waals surface area contributed by atoms with Crippen LogP contribution >= 0.6 is 0 Å². The summed E-state index contributed by atoms with van der Waals surface area (Å²) in [6, 6.07) is 16.3. The Morgan fingerprint density at radius 3 is 2.24 bits per heavy atom. The highest BCUT2D eigenvalue weighted by atomic mass is 16.1. The molecule has 0 saturated heterocycles. The molecule has 0 saturated carbocycles. The summed E-state index contributed by atoms with van der Waals surface area (Å²) in [4.78, 5) is 42.3. The third-order valence-corrected chi connectivity index (χ3v) is 4.78. The van der Waals surface area contributed by atoms with E-state index in [1.807, 2.05) is 31.2 Å². The standard InChI is InChI=1S/C19H14N6O2.C6H7N/c26-11-22-17-9-15-16(10-21-17)25-18(24-15)12-1-3-14(4-2-12)23-19(27)13-5-7-20-8-6-13;1-6-2-4-7-5-3-6/h1-11H,(H,23,27)(H,24,25)(H,21,22,26);2-5H,1H3. The molecule has 0 unspecified atom stereocenters. The van der Waals surface area contributed by atoms with E-state index in [2.05, 4.69) is 35.6 Å². The van der Waals surface area contributed by atoms with Gasteiger partial charge in [0.2, 0.25) is 6.41 Å². The molecule has 0 fully saturated rings. The molecule has 3 N–H and O–H groups in total. The first-order valence-corrected chi connectivity index (χ1v) is 10.4. The predicted molar refractivity (Wildman–Crippen MR) is 130 cm³/mol. The molecule has 168 valence electrons. The molecular weight excluding hydrogens is 430 g/mol. The quantitative estimate of drug-likeness (QED) is 0.343. The molecule has 0 spiro atoms. The lowest BCUT2D eigenvalue weighted by atomic mass is 10.2. The van der Waals surface area contributed by atoms with Crippen LogP contribution in [-0.4, -0.2) is 37.2 Å². The average Bonchev–Trinajstić information content (AvgIpc) is 3.30. The molecule has 0 radical (unpaired) electrons. The number of aromatic amines is 1. The van der Waals surface area contributed by atoms with Crippen molar-refractivity contribution < 1.29 is 9.59 Å². The van der Waals surface area contributed by atoms with Gasteiger partial charge in [0.1, 0.15) is 11.6 Å². The van der Waals surface area contributed by atoms with Gasteiger partial charge in [-0.3, -0.25) is 19.6 Å². The third kappa shape index (κ3) is 5.65. The molecule has 0 aliphatic carbocycles. The number of fused-ring (bicyclic) bond motifs is 1. The molecule has 9 heteroatoms. The molecule has 5 aromatic rings. The van der Waals surface area contributed by atoms with E-state index in [1.54, 1.807) is 61.3 Å². The Hall–Kier alpha value is -4.92. The fraction of sp³-hybridized carbons (Fsp3) is 0.0400. The number of carbonyl (C=O) groups excluding carboxylic acids is 2. The summed E-state index contributed by atoms with van der Waals surface area (Å²) in [6.45, 7) is 2.04. The maximum absolute atomic E-state index is 12.2. The smallest absolute Gasteiger partial charge is 0.255 e. The van der Waals surface area contributed by atoms with Crippen molar-refractivity contribution in [2.45, 2.75) is 6.92 Å². The van der Waals surface area contributed by atoms with Crippen molar-refractivity contribution in [3.8, 4) is 11.4 Å². The van der Waals surface area contributed by atoms with Gasteiger partial charge in [0.15, 0.2) is 0 Å². The summed E-state index contributed by atoms with van der Waals surface area (Å²) in [5, 5.41) is 5.33. The number of anilines is 2. The summed E-state index contributed by atoms with van der Waals surface area (Å²) in [7, 11) is 0. The fourth-order valence-electron chi connectivity index (χ4n) is 3.03. The first kappa shape index (κ1) is 22.3. The van der Waals surface area contributed by atoms with Crippen LogP contribution < -0.4 is 10.6 Å². The second-order valence-electron chi connectivity index (χ2n) is 7.23. The van der Waals surface area contributed by atoms with Gasteiger partial charge in [-0.1, -0.05) is 0 Å². The minimum Gasteiger partial charge on any atom is -0.337 e. The van der Waals surface area contributed by atoms with E-state index >= 15 is 0 Å². The monoisotopic (exact) mass is 451 g/mol. The summed E-state index contributed by atoms with van der Waals surface area (Å²) in [5.41, 5.74) is 4.79. The molecule has 9 nitrogen and oxygen atoms in total. The third-order valence-electron chi connectivity index (χ3n) is 4.78. The number of imidazole rings is 1. The van der Waals surface area contributed by atoms with Crippen LogP contribution in [0.2, 0.25) is 0 Å². The number of H-pyrrole nitrogens is 1. The van der Waals surface area contributed by atoms with Gasteiger partial charge in [0, 0.05) is 47.7 Å². The first-order valence-electron chi connectivity index (χ1n) is 10.4. The molecule has 2 amide bonds. The van der Waals surface area contributed by atoms with Gasteiger partial charge in [-0.2, -0.15) is 0 Å². The Morgan fingerprint density at radius 1 is 0.941 bits per heavy atom. The van der Waals surface area contributed by atoms with Crippen molar-refractivity contribution in [2.75, 3.05) is 10.6 Å². The number of nitrogens with one attached hydrogen (secondary N) is 3. The van der Waals surface area contributed by atoms with Gasteiger partial charge in [0.25, 0.3) is 5.91 Å². The highest BCUT2D eigenvalue weighted by Gasteiger charge is 2.09. The van der Waals surface area contributed by atoms with E-state index in [0.717, 1.165) is 11.1 Å². The summed E-state index contributed by atoms with van der Waals surface area (Å²) < 4.78 is 0. The Balaban J connectivity index is 0.000000336. The molecule has 0 aliphatic heterocycles. The number of benzene rings is 1. The van der Waals surface area contributed by atoms with Gasteiger partial charge < -0.3 is 15.6 Å². The number of amides is 2. The number of hydrogen-bond donors (Lipinski definition) is 3. The number of rotatable bonds is 5. The predicted octanol–water partition coefficient (Wildman–Crippen LogP) is 4.23. The molecule has 4 aromatic heterocycles. The molecule has 1 aromatic carbocycles. The Morgan fingerprint density at radius 2 is 1.62 bits per heavy atom. The molecule has 0 aliphatic rings. The maximum Gasteiger partial charge on any atom is 0.255 e. The molecule has 5 rings (SSSR count). The van der Waals surface area contributed by atoms with Crippen LogP contribution in [0.1, 0.15) is 15.9 Å². The van der Waals surface area contributed by atoms with Crippen LogP contribution in [0.3, 0.4) is 0 Å². The highest BCUT2D eigenvalue weighted by Crippen LogP contribution is 2.23. The van der Waals surface area contributed by atoms with E-state index < -0.39 is 0 Å². The number of carbonyl (C=O) groups is 2. The van der Waals surface area contributed by atoms with Crippen molar-refractivity contribution in [1.82, 2.24) is 24.9 Å². The molecule has 0 atom stereocenters. The Labute approximate surface area is 195 Å². The Bertz CT molecular complexity index is 1390. The van der Waals surface area contributed by atoms with Crippen LogP contribution in [0.5, 0.6) is 0 Å². The lowest BCUT2D eigenvalue weighted by Gasteiger charge is -2.05. The second kappa shape index (κ2) is 10.6. The van der Waals surface area contributed by atoms with E-state index in [-0.39, 0.29) is 5.91 Å². The topological polar surface area (TPSA) is 126 Å². The van der Waals surface area contributed by atoms with Crippen molar-refractivity contribution in [1.29, 1.82) is 0 Å². The molecule has 34 heavy (non-hydrogen) atoms. The average molecular weight is 451 g/mol. The fourth-order valence-corrected chi connectivity index (χ4v) is 3.03. The van der Waals surface area contributed by atoms with Gasteiger partial charge in [0.05, 0.1) is 17.2 Å². The van der Waals surface area contributed by atoms with E-state index in [1.165, 1.54) is 5.56 Å². The highest BCUT2D eigenvalue weighted by molar-refractivity contribution is 6.04. The molecular formula is C25H21N7O2. The number of aromatic nitrogens is 5. The number of aryl methyl sites for hydroxylation is 1. The lowest BCUT2D eigenvalue weighted by Crippen LogP contribution is -2.11. The minimum absolute atomic E-state index is 0.199. The zero-order valence-electron chi connectivity index (χ0n) is 18.3. The molecule has 4 heterocycles. The zero-order chi connectivity index (χ0) is 23.8. The van der Waals surface area contributed by atoms with Crippen molar-refractivity contribution in [3.05, 3.63) is 96.7 Å². The zero-order valence-corrected chi connectivity index (χ0v) is 18.3. The van der Waals surface area contributed by atoms with Crippen LogP contribution in [0.25, 0.3) is 22.4 Å². The Kier molecular flexibility index (Phi) is 6.94. The van der Waals surface area contributed by atoms with Crippen LogP contribution in [0.15, 0.2) is 85.6 Å². The number of nitrogens with zero attached hydrogens (tertiary/aromatic N) is 4. The summed E-state index contributed by atoms with van der Waals surface area (Å²) in [6.07, 6.45) is 8.90. The SMILES string of the molecule is Cc1ccncc1.O=CNc1cc2nc(-c3ccc(NC(=O)c4ccncc4)cc3)[nH]c2cn1. The van der Waals surface area contributed by atoms with Crippen LogP contribution in [0.4, 0.5) is 11.5 Å². The van der Waals surface area contributed by atoms with E-state index in [4.69, 9.17) is 0 Å². The van der Waals surface area contributed by atoms with Crippen molar-refractivity contribution in [2.24, 2.45) is 0 Å². The second-order valence-corrected chi connectivity index (χ2v) is 7.23. The normalized spacial score (nSPS) is 10.1. The first-order chi connectivity index (χ1) is 16.6. The van der Waals surface area contributed by atoms with Crippen molar-refractivity contribution >= 4 is 34.9 Å². The number of hydrogen-bond acceptors (Lipinski definition) is 6. The largest absolute Gasteiger partial charge is 0.337 e. The van der Waals surface area contributed by atoms with E-state index in [0.29, 0.717) is 34.8 Å². The van der Waals surface area contributed by atoms with E-state index in [9.17, 15) is 9.59 Å². The van der Waals surface area contributed by atoms with Crippen LogP contribution in [0, 0.1) is 6.92 Å². The summed E-state index contributed by atoms with van der Waals surface area (Å²) in [5.74, 6) is 0.905. The molecule has 0 bridgehead atoms. The van der Waals surface area contributed by atoms with Gasteiger partial charge in [-0.25, -0.2) is 9.97 Å².